The lowest BCUT2D eigenvalue weighted by molar-refractivity contribution is 0.108. The second-order valence-corrected chi connectivity index (χ2v) is 7.84. The lowest BCUT2D eigenvalue weighted by atomic mass is 9.89. The number of likely N-dealkylation sites (tertiary alicyclic amines) is 1. The monoisotopic (exact) mass is 372 g/mol. The van der Waals surface area contributed by atoms with Crippen LogP contribution in [0.15, 0.2) is 54.9 Å². The van der Waals surface area contributed by atoms with E-state index in [1.807, 2.05) is 30.6 Å². The van der Waals surface area contributed by atoms with Gasteiger partial charge in [0.1, 0.15) is 0 Å². The molecular formula is C24H28N4. The summed E-state index contributed by atoms with van der Waals surface area (Å²) in [5.41, 5.74) is 7.09. The summed E-state index contributed by atoms with van der Waals surface area (Å²) in [6, 6.07) is 15.3. The number of nitrogens with zero attached hydrogens (tertiary/aromatic N) is 4. The summed E-state index contributed by atoms with van der Waals surface area (Å²) in [5.74, 6) is 0. The molecule has 1 aliphatic rings. The first kappa shape index (κ1) is 18.8. The molecule has 4 heterocycles. The second-order valence-electron chi connectivity index (χ2n) is 7.84. The maximum atomic E-state index is 5.09. The smallest absolute Gasteiger partial charge is 0.0608 e. The van der Waals surface area contributed by atoms with Crippen LogP contribution in [0.1, 0.15) is 65.2 Å². The van der Waals surface area contributed by atoms with Gasteiger partial charge >= 0.3 is 0 Å². The number of aromatic nitrogens is 3. The molecular weight excluding hydrogens is 344 g/mol. The molecule has 144 valence electrons. The molecule has 28 heavy (non-hydrogen) atoms. The fourth-order valence-electron chi connectivity index (χ4n) is 4.35. The highest BCUT2D eigenvalue weighted by Crippen LogP contribution is 2.40. The van der Waals surface area contributed by atoms with Crippen LogP contribution in [0.3, 0.4) is 0 Å². The van der Waals surface area contributed by atoms with Gasteiger partial charge in [-0.3, -0.25) is 19.9 Å². The summed E-state index contributed by atoms with van der Waals surface area (Å²) < 4.78 is 0. The van der Waals surface area contributed by atoms with E-state index in [0.29, 0.717) is 12.1 Å². The van der Waals surface area contributed by atoms with Crippen LogP contribution in [0.5, 0.6) is 0 Å². The molecule has 1 fully saturated rings. The number of aryl methyl sites for hydroxylation is 2. The Bertz CT molecular complexity index is 938. The minimum Gasteiger partial charge on any atom is -0.289 e. The maximum absolute atomic E-state index is 5.09. The minimum absolute atomic E-state index is 0.323. The molecule has 0 aliphatic carbocycles. The van der Waals surface area contributed by atoms with E-state index in [1.54, 1.807) is 0 Å². The highest BCUT2D eigenvalue weighted by molar-refractivity contribution is 5.28. The van der Waals surface area contributed by atoms with Crippen LogP contribution < -0.4 is 0 Å². The zero-order valence-corrected chi connectivity index (χ0v) is 17.0. The van der Waals surface area contributed by atoms with Crippen LogP contribution >= 0.6 is 0 Å². The van der Waals surface area contributed by atoms with Crippen LogP contribution in [-0.2, 0) is 6.42 Å². The third kappa shape index (κ3) is 3.83. The summed E-state index contributed by atoms with van der Waals surface area (Å²) in [5, 5.41) is 0. The Morgan fingerprint density at radius 2 is 1.57 bits per heavy atom. The van der Waals surface area contributed by atoms with E-state index in [2.05, 4.69) is 55.0 Å². The van der Waals surface area contributed by atoms with E-state index in [0.717, 1.165) is 30.7 Å². The molecule has 4 heteroatoms. The van der Waals surface area contributed by atoms with Crippen LogP contribution in [0.4, 0.5) is 0 Å². The van der Waals surface area contributed by atoms with E-state index < -0.39 is 0 Å². The van der Waals surface area contributed by atoms with Gasteiger partial charge in [0.15, 0.2) is 0 Å². The Morgan fingerprint density at radius 1 is 0.821 bits per heavy atom. The molecule has 0 aromatic carbocycles. The van der Waals surface area contributed by atoms with Crippen LogP contribution in [0.25, 0.3) is 0 Å². The summed E-state index contributed by atoms with van der Waals surface area (Å²) in [4.78, 5) is 16.7. The van der Waals surface area contributed by atoms with Crippen LogP contribution in [0.2, 0.25) is 0 Å². The molecule has 0 bridgehead atoms. The zero-order chi connectivity index (χ0) is 19.5. The summed E-state index contributed by atoms with van der Waals surface area (Å²) >= 11 is 0. The molecule has 1 aliphatic heterocycles. The predicted octanol–water partition coefficient (Wildman–Crippen LogP) is 4.98. The molecule has 4 nitrogen and oxygen atoms in total. The van der Waals surface area contributed by atoms with Crippen molar-refractivity contribution in [2.45, 2.75) is 51.6 Å². The summed E-state index contributed by atoms with van der Waals surface area (Å²) in [6.07, 6.45) is 8.02. The lowest BCUT2D eigenvalue weighted by Crippen LogP contribution is -2.35. The fourth-order valence-corrected chi connectivity index (χ4v) is 4.35. The maximum Gasteiger partial charge on any atom is 0.0608 e. The third-order valence-corrected chi connectivity index (χ3v) is 5.90. The average molecular weight is 373 g/mol. The minimum atomic E-state index is 0.323. The van der Waals surface area contributed by atoms with Crippen LogP contribution in [-0.4, -0.2) is 26.9 Å². The summed E-state index contributed by atoms with van der Waals surface area (Å²) in [7, 11) is 2.23. The van der Waals surface area contributed by atoms with Gasteiger partial charge < -0.3 is 0 Å². The van der Waals surface area contributed by atoms with Crippen LogP contribution in [0, 0.1) is 13.8 Å². The fraction of sp³-hybridized carbons (Fsp3) is 0.375. The van der Waals surface area contributed by atoms with Gasteiger partial charge in [-0.15, -0.1) is 0 Å². The molecule has 1 saturated heterocycles. The van der Waals surface area contributed by atoms with Crippen molar-refractivity contribution in [3.05, 3.63) is 88.8 Å². The van der Waals surface area contributed by atoms with E-state index in [1.165, 1.54) is 28.9 Å². The second kappa shape index (κ2) is 8.19. The molecule has 3 aromatic heterocycles. The number of hydrogen-bond acceptors (Lipinski definition) is 4. The van der Waals surface area contributed by atoms with Gasteiger partial charge in [-0.1, -0.05) is 18.2 Å². The lowest BCUT2D eigenvalue weighted by Gasteiger charge is -2.40. The normalized spacial score (nSPS) is 20.2. The van der Waals surface area contributed by atoms with E-state index in [4.69, 9.17) is 9.97 Å². The van der Waals surface area contributed by atoms with E-state index in [9.17, 15) is 0 Å². The van der Waals surface area contributed by atoms with Crippen molar-refractivity contribution in [3.63, 3.8) is 0 Å². The topological polar surface area (TPSA) is 41.9 Å². The molecule has 3 aromatic rings. The van der Waals surface area contributed by atoms with Crippen molar-refractivity contribution in [2.24, 2.45) is 0 Å². The standard InChI is InChI=1S/C24H28N4/c1-17-8-7-15-26-23(17)21-10-6-11-22(28(21)3)24-18(2)12-13-20(27-24)16-19-9-4-5-14-25-19/h4-5,7-9,12-15,21-22H,6,10-11,16H2,1-3H3/t21-,22+/m0/s1. The van der Waals surface area contributed by atoms with Gasteiger partial charge in [0.2, 0.25) is 0 Å². The molecule has 0 N–H and O–H groups in total. The largest absolute Gasteiger partial charge is 0.289 e. The van der Waals surface area contributed by atoms with Gasteiger partial charge in [0, 0.05) is 30.2 Å². The van der Waals surface area contributed by atoms with Crippen molar-refractivity contribution >= 4 is 0 Å². The molecule has 0 radical (unpaired) electrons. The average Bonchev–Trinajstić information content (AvgIpc) is 2.71. The van der Waals surface area contributed by atoms with Crippen molar-refractivity contribution in [2.75, 3.05) is 7.05 Å². The highest BCUT2D eigenvalue weighted by atomic mass is 15.2. The Balaban J connectivity index is 1.62. The Kier molecular flexibility index (Phi) is 5.49. The first-order chi connectivity index (χ1) is 13.6. The number of hydrogen-bond donors (Lipinski definition) is 0. The van der Waals surface area contributed by atoms with Crippen molar-refractivity contribution < 1.29 is 0 Å². The zero-order valence-electron chi connectivity index (χ0n) is 17.0. The summed E-state index contributed by atoms with van der Waals surface area (Å²) in [6.45, 7) is 4.34. The molecule has 0 amide bonds. The Morgan fingerprint density at radius 3 is 2.32 bits per heavy atom. The number of pyridine rings is 3. The van der Waals surface area contributed by atoms with Crippen molar-refractivity contribution in [1.29, 1.82) is 0 Å². The van der Waals surface area contributed by atoms with E-state index in [-0.39, 0.29) is 0 Å². The molecule has 2 atom stereocenters. The SMILES string of the molecule is Cc1ccc(Cc2ccccn2)nc1[C@H]1CCC[C@@H](c2ncccc2C)N1C. The quantitative estimate of drug-likeness (QED) is 0.648. The van der Waals surface area contributed by atoms with Crippen molar-refractivity contribution in [3.8, 4) is 0 Å². The molecule has 0 unspecified atom stereocenters. The van der Waals surface area contributed by atoms with Gasteiger partial charge in [0.05, 0.1) is 23.5 Å². The Labute approximate surface area is 167 Å². The first-order valence-electron chi connectivity index (χ1n) is 10.1. The van der Waals surface area contributed by atoms with Gasteiger partial charge in [-0.05, 0) is 75.5 Å². The van der Waals surface area contributed by atoms with E-state index >= 15 is 0 Å². The van der Waals surface area contributed by atoms with Gasteiger partial charge in [-0.25, -0.2) is 0 Å². The number of piperidine rings is 1. The first-order valence-corrected chi connectivity index (χ1v) is 10.1. The Hall–Kier alpha value is -2.59. The predicted molar refractivity (Wildman–Crippen MR) is 112 cm³/mol. The van der Waals surface area contributed by atoms with Gasteiger partial charge in [0.25, 0.3) is 0 Å². The number of rotatable bonds is 4. The molecule has 4 rings (SSSR count). The molecule has 0 spiro atoms. The van der Waals surface area contributed by atoms with Gasteiger partial charge in [-0.2, -0.15) is 0 Å². The molecule has 0 saturated carbocycles. The highest BCUT2D eigenvalue weighted by Gasteiger charge is 2.32. The van der Waals surface area contributed by atoms with Crippen molar-refractivity contribution in [1.82, 2.24) is 19.9 Å². The third-order valence-electron chi connectivity index (χ3n) is 5.90.